The van der Waals surface area contributed by atoms with Crippen LogP contribution in [-0.4, -0.2) is 0 Å². The number of benzene rings is 1. The third kappa shape index (κ3) is 2.12. The zero-order valence-corrected chi connectivity index (χ0v) is 11.0. The first-order valence-electron chi connectivity index (χ1n) is 2.45. The Balaban J connectivity index is 3.31. The zero-order chi connectivity index (χ0) is 7.72. The first-order valence-corrected chi connectivity index (χ1v) is 5.56. The molecule has 54 valence electrons. The van der Waals surface area contributed by atoms with Gasteiger partial charge in [-0.05, 0) is 66.6 Å². The maximum atomic E-state index is 4.26. The molecule has 0 atom stereocenters. The van der Waals surface area contributed by atoms with E-state index in [2.05, 4.69) is 67.1 Å². The van der Waals surface area contributed by atoms with Crippen molar-refractivity contribution in [2.45, 2.75) is 4.90 Å². The molecule has 0 fully saturated rings. The molecular formula is C6H3Br2IS. The highest BCUT2D eigenvalue weighted by Gasteiger charge is 2.00. The minimum Gasteiger partial charge on any atom is -0.142 e. The van der Waals surface area contributed by atoms with E-state index in [4.69, 9.17) is 0 Å². The van der Waals surface area contributed by atoms with Crippen LogP contribution in [0.2, 0.25) is 0 Å². The second kappa shape index (κ2) is 3.78. The van der Waals surface area contributed by atoms with Gasteiger partial charge in [0.15, 0.2) is 0 Å². The zero-order valence-electron chi connectivity index (χ0n) is 4.74. The molecule has 0 N–H and O–H groups in total. The molecular weight excluding hydrogens is 391 g/mol. The molecule has 0 aliphatic carbocycles. The van der Waals surface area contributed by atoms with Crippen molar-refractivity contribution in [2.75, 3.05) is 0 Å². The third-order valence-corrected chi connectivity index (χ3v) is 4.27. The Bertz CT molecular complexity index is 239. The highest BCUT2D eigenvalue weighted by atomic mass is 127. The Morgan fingerprint density at radius 3 is 2.40 bits per heavy atom. The lowest BCUT2D eigenvalue weighted by Crippen LogP contribution is -1.76. The van der Waals surface area contributed by atoms with Gasteiger partial charge in [-0.1, -0.05) is 0 Å². The van der Waals surface area contributed by atoms with Gasteiger partial charge in [0.25, 0.3) is 0 Å². The molecule has 1 aromatic rings. The van der Waals surface area contributed by atoms with Crippen LogP contribution in [0.4, 0.5) is 0 Å². The molecule has 0 unspecified atom stereocenters. The van der Waals surface area contributed by atoms with Crippen LogP contribution >= 0.6 is 67.1 Å². The largest absolute Gasteiger partial charge is 0.142 e. The molecule has 0 aromatic heterocycles. The lowest BCUT2D eigenvalue weighted by molar-refractivity contribution is 1.36. The van der Waals surface area contributed by atoms with E-state index in [0.29, 0.717) is 0 Å². The van der Waals surface area contributed by atoms with E-state index < -0.39 is 0 Å². The van der Waals surface area contributed by atoms with Gasteiger partial charge in [-0.2, -0.15) is 0 Å². The fraction of sp³-hybridized carbons (Fsp3) is 0. The molecule has 0 spiro atoms. The Morgan fingerprint density at radius 2 is 1.90 bits per heavy atom. The fourth-order valence-electron chi connectivity index (χ4n) is 0.542. The summed E-state index contributed by atoms with van der Waals surface area (Å²) in [5.74, 6) is 0. The molecule has 0 aliphatic heterocycles. The number of rotatable bonds is 0. The molecule has 1 rings (SSSR count). The molecule has 0 radical (unpaired) electrons. The number of halogens is 3. The van der Waals surface area contributed by atoms with Crippen LogP contribution in [0.5, 0.6) is 0 Å². The van der Waals surface area contributed by atoms with E-state index >= 15 is 0 Å². The number of hydrogen-bond donors (Lipinski definition) is 1. The van der Waals surface area contributed by atoms with Crippen molar-refractivity contribution < 1.29 is 0 Å². The van der Waals surface area contributed by atoms with Gasteiger partial charge in [-0.25, -0.2) is 0 Å². The average Bonchev–Trinajstić information content (AvgIpc) is 1.82. The third-order valence-electron chi connectivity index (χ3n) is 0.974. The van der Waals surface area contributed by atoms with Gasteiger partial charge in [-0.3, -0.25) is 0 Å². The van der Waals surface area contributed by atoms with E-state index in [-0.39, 0.29) is 0 Å². The van der Waals surface area contributed by atoms with Crippen molar-refractivity contribution in [2.24, 2.45) is 0 Å². The summed E-state index contributed by atoms with van der Waals surface area (Å²) in [6.45, 7) is 0. The van der Waals surface area contributed by atoms with Crippen LogP contribution in [0, 0.1) is 3.57 Å². The predicted molar refractivity (Wildman–Crippen MR) is 61.8 cm³/mol. The second-order valence-electron chi connectivity index (χ2n) is 1.72. The van der Waals surface area contributed by atoms with E-state index in [1.807, 2.05) is 12.1 Å². The van der Waals surface area contributed by atoms with Crippen LogP contribution in [0.25, 0.3) is 0 Å². The maximum Gasteiger partial charge on any atom is 0.0451 e. The summed E-state index contributed by atoms with van der Waals surface area (Å²) in [5.41, 5.74) is 0. The van der Waals surface area contributed by atoms with Crippen molar-refractivity contribution >= 4 is 67.1 Å². The Morgan fingerprint density at radius 1 is 1.30 bits per heavy atom. The summed E-state index contributed by atoms with van der Waals surface area (Å²) in [5, 5.41) is 0. The SMILES string of the molecule is Sc1cc(I)cc(Br)c1Br. The predicted octanol–water partition coefficient (Wildman–Crippen LogP) is 4.10. The van der Waals surface area contributed by atoms with Gasteiger partial charge in [0.05, 0.1) is 0 Å². The first kappa shape index (κ1) is 9.35. The van der Waals surface area contributed by atoms with Crippen LogP contribution in [-0.2, 0) is 0 Å². The molecule has 0 saturated carbocycles. The van der Waals surface area contributed by atoms with Crippen molar-refractivity contribution in [3.8, 4) is 0 Å². The molecule has 0 aliphatic rings. The Hall–Kier alpha value is 1.26. The molecule has 0 amide bonds. The molecule has 0 nitrogen and oxygen atoms in total. The van der Waals surface area contributed by atoms with Crippen LogP contribution in [0.1, 0.15) is 0 Å². The summed E-state index contributed by atoms with van der Waals surface area (Å²) in [7, 11) is 0. The molecule has 0 saturated heterocycles. The monoisotopic (exact) mass is 392 g/mol. The number of thiol groups is 1. The van der Waals surface area contributed by atoms with Crippen LogP contribution in [0.15, 0.2) is 26.0 Å². The highest BCUT2D eigenvalue weighted by molar-refractivity contribution is 14.1. The summed E-state index contributed by atoms with van der Waals surface area (Å²) in [4.78, 5) is 0.957. The maximum absolute atomic E-state index is 4.26. The molecule has 0 heterocycles. The van der Waals surface area contributed by atoms with Crippen molar-refractivity contribution in [3.05, 3.63) is 24.6 Å². The lowest BCUT2D eigenvalue weighted by Gasteiger charge is -1.99. The van der Waals surface area contributed by atoms with E-state index in [9.17, 15) is 0 Å². The second-order valence-corrected chi connectivity index (χ2v) is 5.10. The summed E-state index contributed by atoms with van der Waals surface area (Å²) < 4.78 is 3.23. The minimum absolute atomic E-state index is 0.957. The number of hydrogen-bond acceptors (Lipinski definition) is 1. The topological polar surface area (TPSA) is 0 Å². The quantitative estimate of drug-likeness (QED) is 0.383. The summed E-state index contributed by atoms with van der Waals surface area (Å²) in [6, 6.07) is 4.03. The van der Waals surface area contributed by atoms with E-state index in [1.54, 1.807) is 0 Å². The molecule has 0 bridgehead atoms. The average molecular weight is 394 g/mol. The lowest BCUT2D eigenvalue weighted by atomic mass is 10.4. The van der Waals surface area contributed by atoms with Crippen LogP contribution in [0.3, 0.4) is 0 Å². The van der Waals surface area contributed by atoms with Gasteiger partial charge in [-0.15, -0.1) is 12.6 Å². The summed E-state index contributed by atoms with van der Waals surface area (Å²) >= 11 is 13.3. The van der Waals surface area contributed by atoms with E-state index in [1.165, 1.54) is 3.57 Å². The van der Waals surface area contributed by atoms with E-state index in [0.717, 1.165) is 13.8 Å². The summed E-state index contributed by atoms with van der Waals surface area (Å²) in [6.07, 6.45) is 0. The Kier molecular flexibility index (Phi) is 3.53. The highest BCUT2D eigenvalue weighted by Crippen LogP contribution is 2.30. The standard InChI is InChI=1S/C6H3Br2IS/c7-4-1-3(9)2-5(10)6(4)8/h1-2,10H. The van der Waals surface area contributed by atoms with Gasteiger partial charge < -0.3 is 0 Å². The smallest absolute Gasteiger partial charge is 0.0451 e. The molecule has 10 heavy (non-hydrogen) atoms. The van der Waals surface area contributed by atoms with Crippen molar-refractivity contribution in [1.82, 2.24) is 0 Å². The molecule has 4 heteroatoms. The minimum atomic E-state index is 0.957. The fourth-order valence-corrected chi connectivity index (χ4v) is 2.94. The van der Waals surface area contributed by atoms with Gasteiger partial charge >= 0.3 is 0 Å². The van der Waals surface area contributed by atoms with Crippen molar-refractivity contribution in [1.29, 1.82) is 0 Å². The normalized spacial score (nSPS) is 10.0. The van der Waals surface area contributed by atoms with Crippen molar-refractivity contribution in [3.63, 3.8) is 0 Å². The Labute approximate surface area is 95.6 Å². The van der Waals surface area contributed by atoms with Gasteiger partial charge in [0.1, 0.15) is 0 Å². The first-order chi connectivity index (χ1) is 4.61. The van der Waals surface area contributed by atoms with Gasteiger partial charge in [0, 0.05) is 17.4 Å². The molecule has 1 aromatic carbocycles. The van der Waals surface area contributed by atoms with Crippen LogP contribution < -0.4 is 0 Å². The van der Waals surface area contributed by atoms with Gasteiger partial charge in [0.2, 0.25) is 0 Å².